The van der Waals surface area contributed by atoms with Gasteiger partial charge in [-0.15, -0.1) is 24.9 Å². The van der Waals surface area contributed by atoms with Crippen LogP contribution in [0.1, 0.15) is 10.8 Å². The summed E-state index contributed by atoms with van der Waals surface area (Å²) >= 11 is 1.84. The number of hydrogen-bond acceptors (Lipinski definition) is 1. The lowest BCUT2D eigenvalue weighted by Gasteiger charge is -2.10. The first-order valence-corrected chi connectivity index (χ1v) is 5.33. The van der Waals surface area contributed by atoms with Crippen LogP contribution in [0, 0.1) is 0 Å². The summed E-state index contributed by atoms with van der Waals surface area (Å²) < 4.78 is 0. The molecule has 0 aliphatic heterocycles. The summed E-state index contributed by atoms with van der Waals surface area (Å²) in [5, 5.41) is 0.388. The second-order valence-corrected chi connectivity index (χ2v) is 3.86. The van der Waals surface area contributed by atoms with E-state index in [-0.39, 0.29) is 0 Å². The van der Waals surface area contributed by atoms with Gasteiger partial charge < -0.3 is 0 Å². The predicted molar refractivity (Wildman–Crippen MR) is 62.0 cm³/mol. The molecule has 68 valence electrons. The number of benzene rings is 1. The van der Waals surface area contributed by atoms with Crippen molar-refractivity contribution in [3.63, 3.8) is 0 Å². The quantitative estimate of drug-likeness (QED) is 0.636. The van der Waals surface area contributed by atoms with E-state index in [0.717, 1.165) is 5.75 Å². The van der Waals surface area contributed by atoms with Gasteiger partial charge in [-0.3, -0.25) is 0 Å². The minimum absolute atomic E-state index is 0.388. The van der Waals surface area contributed by atoms with Crippen LogP contribution in [0.3, 0.4) is 0 Å². The normalized spacial score (nSPS) is 12.0. The Hall–Kier alpha value is -0.950. The molecule has 0 amide bonds. The van der Waals surface area contributed by atoms with Crippen molar-refractivity contribution >= 4 is 11.8 Å². The van der Waals surface area contributed by atoms with E-state index in [2.05, 4.69) is 37.4 Å². The van der Waals surface area contributed by atoms with Crippen LogP contribution in [0.15, 0.2) is 55.6 Å². The van der Waals surface area contributed by atoms with E-state index in [1.54, 1.807) is 0 Å². The van der Waals surface area contributed by atoms with Gasteiger partial charge in [0.25, 0.3) is 0 Å². The predicted octanol–water partition coefficient (Wildman–Crippen LogP) is 3.83. The van der Waals surface area contributed by atoms with Crippen molar-refractivity contribution in [3.8, 4) is 0 Å². The van der Waals surface area contributed by atoms with Crippen molar-refractivity contribution in [2.24, 2.45) is 0 Å². The van der Waals surface area contributed by atoms with Gasteiger partial charge in [0.15, 0.2) is 0 Å². The molecule has 0 radical (unpaired) electrons. The molecule has 0 nitrogen and oxygen atoms in total. The smallest absolute Gasteiger partial charge is 0.0477 e. The lowest BCUT2D eigenvalue weighted by atomic mass is 10.1. The van der Waals surface area contributed by atoms with E-state index in [1.165, 1.54) is 5.56 Å². The van der Waals surface area contributed by atoms with Crippen molar-refractivity contribution in [2.45, 2.75) is 5.25 Å². The summed E-state index contributed by atoms with van der Waals surface area (Å²) in [5.41, 5.74) is 1.31. The highest BCUT2D eigenvalue weighted by Crippen LogP contribution is 2.29. The van der Waals surface area contributed by atoms with Crippen LogP contribution < -0.4 is 0 Å². The van der Waals surface area contributed by atoms with E-state index in [4.69, 9.17) is 0 Å². The van der Waals surface area contributed by atoms with Gasteiger partial charge in [-0.1, -0.05) is 42.5 Å². The summed E-state index contributed by atoms with van der Waals surface area (Å²) in [5.74, 6) is 0.964. The zero-order valence-corrected chi connectivity index (χ0v) is 8.46. The highest BCUT2D eigenvalue weighted by molar-refractivity contribution is 7.99. The van der Waals surface area contributed by atoms with Crippen molar-refractivity contribution in [2.75, 3.05) is 5.75 Å². The van der Waals surface area contributed by atoms with Crippen molar-refractivity contribution in [1.82, 2.24) is 0 Å². The average Bonchev–Trinajstić information content (AvgIpc) is 2.21. The maximum absolute atomic E-state index is 3.84. The first kappa shape index (κ1) is 10.1. The SMILES string of the molecule is C=CCSC(C=C)c1ccccc1. The summed E-state index contributed by atoms with van der Waals surface area (Å²) in [4.78, 5) is 0. The van der Waals surface area contributed by atoms with Gasteiger partial charge >= 0.3 is 0 Å². The fourth-order valence-electron chi connectivity index (χ4n) is 1.11. The summed E-state index contributed by atoms with van der Waals surface area (Å²) in [6.45, 7) is 7.54. The van der Waals surface area contributed by atoms with Gasteiger partial charge in [-0.2, -0.15) is 0 Å². The van der Waals surface area contributed by atoms with Gasteiger partial charge in [0.1, 0.15) is 0 Å². The van der Waals surface area contributed by atoms with Gasteiger partial charge in [-0.05, 0) is 5.56 Å². The zero-order chi connectivity index (χ0) is 9.52. The van der Waals surface area contributed by atoms with Gasteiger partial charge in [-0.25, -0.2) is 0 Å². The van der Waals surface area contributed by atoms with Crippen LogP contribution in [0.5, 0.6) is 0 Å². The Bertz CT molecular complexity index is 264. The molecule has 0 aromatic heterocycles. The molecule has 13 heavy (non-hydrogen) atoms. The molecule has 1 atom stereocenters. The second kappa shape index (κ2) is 5.65. The molecule has 0 aliphatic carbocycles. The van der Waals surface area contributed by atoms with Crippen molar-refractivity contribution < 1.29 is 0 Å². The molecule has 1 rings (SSSR count). The molecule has 0 heterocycles. The Morgan fingerprint density at radius 2 is 1.92 bits per heavy atom. The molecule has 0 saturated carbocycles. The topological polar surface area (TPSA) is 0 Å². The Labute approximate surface area is 84.4 Å². The molecule has 1 aromatic carbocycles. The highest BCUT2D eigenvalue weighted by Gasteiger charge is 2.04. The van der Waals surface area contributed by atoms with Crippen LogP contribution in [0.2, 0.25) is 0 Å². The number of hydrogen-bond donors (Lipinski definition) is 0. The third kappa shape index (κ3) is 3.11. The molecular formula is C12H14S. The molecule has 0 aliphatic rings. The second-order valence-electron chi connectivity index (χ2n) is 2.69. The van der Waals surface area contributed by atoms with Crippen LogP contribution in [-0.4, -0.2) is 5.75 Å². The monoisotopic (exact) mass is 190 g/mol. The molecule has 0 spiro atoms. The molecule has 0 fully saturated rings. The van der Waals surface area contributed by atoms with E-state index in [9.17, 15) is 0 Å². The van der Waals surface area contributed by atoms with E-state index >= 15 is 0 Å². The first-order chi connectivity index (χ1) is 6.38. The van der Waals surface area contributed by atoms with Gasteiger partial charge in [0.2, 0.25) is 0 Å². The van der Waals surface area contributed by atoms with Crippen LogP contribution in [0.25, 0.3) is 0 Å². The Morgan fingerprint density at radius 1 is 1.23 bits per heavy atom. The fourth-order valence-corrected chi connectivity index (χ4v) is 1.94. The zero-order valence-electron chi connectivity index (χ0n) is 7.65. The Morgan fingerprint density at radius 3 is 2.46 bits per heavy atom. The maximum atomic E-state index is 3.84. The average molecular weight is 190 g/mol. The molecule has 1 aromatic rings. The molecule has 0 N–H and O–H groups in total. The largest absolute Gasteiger partial charge is 0.145 e. The summed E-state index contributed by atoms with van der Waals surface area (Å²) in [6, 6.07) is 10.4. The summed E-state index contributed by atoms with van der Waals surface area (Å²) in [7, 11) is 0. The van der Waals surface area contributed by atoms with E-state index in [1.807, 2.05) is 30.0 Å². The molecular weight excluding hydrogens is 176 g/mol. The lowest BCUT2D eigenvalue weighted by Crippen LogP contribution is -1.89. The van der Waals surface area contributed by atoms with Crippen LogP contribution in [0.4, 0.5) is 0 Å². The van der Waals surface area contributed by atoms with E-state index in [0.29, 0.717) is 5.25 Å². The van der Waals surface area contributed by atoms with Crippen molar-refractivity contribution in [3.05, 3.63) is 61.2 Å². The van der Waals surface area contributed by atoms with Crippen LogP contribution in [-0.2, 0) is 0 Å². The minimum Gasteiger partial charge on any atom is -0.145 e. The highest BCUT2D eigenvalue weighted by atomic mass is 32.2. The standard InChI is InChI=1S/C12H14S/c1-3-10-13-12(4-2)11-8-6-5-7-9-11/h3-9,12H,1-2,10H2. The Balaban J connectivity index is 2.66. The fraction of sp³-hybridized carbons (Fsp3) is 0.167. The molecule has 0 bridgehead atoms. The minimum atomic E-state index is 0.388. The number of thioether (sulfide) groups is 1. The van der Waals surface area contributed by atoms with Gasteiger partial charge in [0.05, 0.1) is 0 Å². The Kier molecular flexibility index (Phi) is 4.41. The number of rotatable bonds is 5. The van der Waals surface area contributed by atoms with Gasteiger partial charge in [0, 0.05) is 11.0 Å². The summed E-state index contributed by atoms with van der Waals surface area (Å²) in [6.07, 6.45) is 3.90. The molecule has 1 heteroatoms. The van der Waals surface area contributed by atoms with E-state index < -0.39 is 0 Å². The third-order valence-corrected chi connectivity index (χ3v) is 2.99. The molecule has 0 saturated heterocycles. The maximum Gasteiger partial charge on any atom is 0.0477 e. The lowest BCUT2D eigenvalue weighted by molar-refractivity contribution is 1.23. The van der Waals surface area contributed by atoms with Crippen molar-refractivity contribution in [1.29, 1.82) is 0 Å². The third-order valence-electron chi connectivity index (χ3n) is 1.74. The molecule has 1 unspecified atom stereocenters. The first-order valence-electron chi connectivity index (χ1n) is 4.28. The van der Waals surface area contributed by atoms with Crippen LogP contribution >= 0.6 is 11.8 Å².